The molecule has 0 bridgehead atoms. The summed E-state index contributed by atoms with van der Waals surface area (Å²) in [7, 11) is 0. The summed E-state index contributed by atoms with van der Waals surface area (Å²) in [6.07, 6.45) is 1.15. The minimum atomic E-state index is -0.767. The summed E-state index contributed by atoms with van der Waals surface area (Å²) in [5.74, 6) is 1.44. The Morgan fingerprint density at radius 2 is 2.29 bits per heavy atom. The van der Waals surface area contributed by atoms with Crippen LogP contribution in [0, 0.1) is 5.41 Å². The van der Waals surface area contributed by atoms with Crippen LogP contribution in [-0.4, -0.2) is 34.7 Å². The summed E-state index contributed by atoms with van der Waals surface area (Å²) in [4.78, 5) is 10.7. The lowest BCUT2D eigenvalue weighted by Gasteiger charge is -2.39. The zero-order valence-electron chi connectivity index (χ0n) is 9.04. The molecule has 3 nitrogen and oxygen atoms in total. The van der Waals surface area contributed by atoms with E-state index in [0.717, 1.165) is 12.2 Å². The van der Waals surface area contributed by atoms with Gasteiger partial charge in [-0.1, -0.05) is 13.8 Å². The van der Waals surface area contributed by atoms with Gasteiger partial charge in [0.25, 0.3) is 0 Å². The quantitative estimate of drug-likeness (QED) is 0.753. The second kappa shape index (κ2) is 4.53. The van der Waals surface area contributed by atoms with Crippen LogP contribution in [0.4, 0.5) is 0 Å². The molecule has 1 heterocycles. The maximum atomic E-state index is 10.7. The number of aliphatic carboxylic acids is 1. The van der Waals surface area contributed by atoms with Gasteiger partial charge in [-0.3, -0.25) is 4.79 Å². The van der Waals surface area contributed by atoms with E-state index in [1.165, 1.54) is 5.75 Å². The predicted molar refractivity (Wildman–Crippen MR) is 59.7 cm³/mol. The molecule has 82 valence electrons. The van der Waals surface area contributed by atoms with E-state index in [0.29, 0.717) is 6.04 Å². The van der Waals surface area contributed by atoms with Crippen LogP contribution in [0.5, 0.6) is 0 Å². The molecule has 14 heavy (non-hydrogen) atoms. The van der Waals surface area contributed by atoms with Gasteiger partial charge in [-0.2, -0.15) is 11.8 Å². The van der Waals surface area contributed by atoms with Gasteiger partial charge in [0.2, 0.25) is 0 Å². The SMILES string of the molecule is C[C@H](NC1CSCCC1(C)C)C(=O)O. The third kappa shape index (κ3) is 2.89. The molecule has 1 fully saturated rings. The lowest BCUT2D eigenvalue weighted by atomic mass is 9.82. The molecular formula is C10H19NO2S. The van der Waals surface area contributed by atoms with E-state index in [1.807, 2.05) is 11.8 Å². The predicted octanol–water partition coefficient (Wildman–Crippen LogP) is 1.58. The highest BCUT2D eigenvalue weighted by Gasteiger charge is 2.34. The van der Waals surface area contributed by atoms with Crippen LogP contribution in [0.25, 0.3) is 0 Å². The summed E-state index contributed by atoms with van der Waals surface area (Å²) in [5.41, 5.74) is 0.217. The van der Waals surface area contributed by atoms with E-state index in [-0.39, 0.29) is 5.41 Å². The van der Waals surface area contributed by atoms with Gasteiger partial charge < -0.3 is 10.4 Å². The van der Waals surface area contributed by atoms with Gasteiger partial charge in [0, 0.05) is 11.8 Å². The van der Waals surface area contributed by atoms with E-state index in [9.17, 15) is 4.79 Å². The molecule has 0 radical (unpaired) electrons. The molecule has 1 aliphatic rings. The topological polar surface area (TPSA) is 49.3 Å². The van der Waals surface area contributed by atoms with Gasteiger partial charge in [0.1, 0.15) is 6.04 Å². The zero-order chi connectivity index (χ0) is 10.8. The van der Waals surface area contributed by atoms with Crippen molar-refractivity contribution < 1.29 is 9.90 Å². The van der Waals surface area contributed by atoms with Gasteiger partial charge in [0.15, 0.2) is 0 Å². The molecule has 0 aromatic heterocycles. The molecule has 2 N–H and O–H groups in total. The lowest BCUT2D eigenvalue weighted by molar-refractivity contribution is -0.139. The van der Waals surface area contributed by atoms with E-state index in [1.54, 1.807) is 6.92 Å². The Balaban J connectivity index is 2.53. The third-order valence-electron chi connectivity index (χ3n) is 2.94. The van der Waals surface area contributed by atoms with Crippen LogP contribution in [0.3, 0.4) is 0 Å². The average Bonchev–Trinajstić information content (AvgIpc) is 2.08. The smallest absolute Gasteiger partial charge is 0.320 e. The Bertz CT molecular complexity index is 218. The molecule has 1 rings (SSSR count). The average molecular weight is 217 g/mol. The summed E-state index contributed by atoms with van der Waals surface area (Å²) in [6, 6.07) is -0.134. The Hall–Kier alpha value is -0.220. The van der Waals surface area contributed by atoms with Crippen molar-refractivity contribution in [3.8, 4) is 0 Å². The normalized spacial score (nSPS) is 28.4. The molecule has 0 aliphatic carbocycles. The lowest BCUT2D eigenvalue weighted by Crippen LogP contribution is -2.51. The highest BCUT2D eigenvalue weighted by Crippen LogP contribution is 2.34. The minimum Gasteiger partial charge on any atom is -0.480 e. The van der Waals surface area contributed by atoms with Crippen LogP contribution in [-0.2, 0) is 4.79 Å². The maximum Gasteiger partial charge on any atom is 0.320 e. The molecule has 0 amide bonds. The number of carboxylic acids is 1. The molecule has 1 aliphatic heterocycles. The molecule has 1 saturated heterocycles. The first-order valence-electron chi connectivity index (χ1n) is 5.00. The van der Waals surface area contributed by atoms with Gasteiger partial charge in [0.05, 0.1) is 0 Å². The molecule has 4 heteroatoms. The van der Waals surface area contributed by atoms with Crippen molar-refractivity contribution in [2.75, 3.05) is 11.5 Å². The van der Waals surface area contributed by atoms with Gasteiger partial charge in [-0.05, 0) is 24.5 Å². The van der Waals surface area contributed by atoms with Crippen LogP contribution in [0.15, 0.2) is 0 Å². The van der Waals surface area contributed by atoms with Gasteiger partial charge in [-0.25, -0.2) is 0 Å². The summed E-state index contributed by atoms with van der Waals surface area (Å²) < 4.78 is 0. The summed E-state index contributed by atoms with van der Waals surface area (Å²) >= 11 is 1.90. The van der Waals surface area contributed by atoms with Crippen molar-refractivity contribution >= 4 is 17.7 Å². The fourth-order valence-corrected chi connectivity index (χ4v) is 3.20. The molecule has 2 atom stereocenters. The molecular weight excluding hydrogens is 198 g/mol. The van der Waals surface area contributed by atoms with Crippen molar-refractivity contribution in [2.24, 2.45) is 5.41 Å². The zero-order valence-corrected chi connectivity index (χ0v) is 9.86. The minimum absolute atomic E-state index is 0.217. The van der Waals surface area contributed by atoms with Gasteiger partial charge in [-0.15, -0.1) is 0 Å². The molecule has 0 aromatic rings. The Labute approximate surface area is 89.6 Å². The highest BCUT2D eigenvalue weighted by molar-refractivity contribution is 7.99. The number of thioether (sulfide) groups is 1. The van der Waals surface area contributed by atoms with Crippen LogP contribution in [0.2, 0.25) is 0 Å². The van der Waals surface area contributed by atoms with E-state index in [2.05, 4.69) is 19.2 Å². The summed E-state index contributed by atoms with van der Waals surface area (Å²) in [5, 5.41) is 12.0. The molecule has 0 saturated carbocycles. The number of carboxylic acid groups (broad SMARTS) is 1. The largest absolute Gasteiger partial charge is 0.480 e. The van der Waals surface area contributed by atoms with Crippen LogP contribution >= 0.6 is 11.8 Å². The maximum absolute atomic E-state index is 10.7. The molecule has 0 spiro atoms. The number of hydrogen-bond acceptors (Lipinski definition) is 3. The first-order valence-corrected chi connectivity index (χ1v) is 6.15. The first-order chi connectivity index (χ1) is 6.43. The second-order valence-electron chi connectivity index (χ2n) is 4.59. The first kappa shape index (κ1) is 11.9. The molecule has 1 unspecified atom stereocenters. The monoisotopic (exact) mass is 217 g/mol. The Morgan fingerprint density at radius 3 is 2.79 bits per heavy atom. The van der Waals surface area contributed by atoms with Crippen LogP contribution in [0.1, 0.15) is 27.2 Å². The standard InChI is InChI=1S/C10H19NO2S/c1-7(9(12)13)11-8-6-14-5-4-10(8,2)3/h7-8,11H,4-6H2,1-3H3,(H,12,13)/t7-,8?/m0/s1. The Kier molecular flexibility index (Phi) is 3.84. The van der Waals surface area contributed by atoms with Gasteiger partial charge >= 0.3 is 5.97 Å². The fraction of sp³-hybridized carbons (Fsp3) is 0.900. The van der Waals surface area contributed by atoms with E-state index < -0.39 is 12.0 Å². The van der Waals surface area contributed by atoms with Crippen molar-refractivity contribution in [1.29, 1.82) is 0 Å². The van der Waals surface area contributed by atoms with E-state index >= 15 is 0 Å². The third-order valence-corrected chi connectivity index (χ3v) is 4.00. The van der Waals surface area contributed by atoms with Crippen molar-refractivity contribution in [2.45, 2.75) is 39.3 Å². The molecule has 0 aromatic carbocycles. The van der Waals surface area contributed by atoms with Crippen molar-refractivity contribution in [1.82, 2.24) is 5.32 Å². The highest BCUT2D eigenvalue weighted by atomic mass is 32.2. The second-order valence-corrected chi connectivity index (χ2v) is 5.74. The summed E-state index contributed by atoms with van der Waals surface area (Å²) in [6.45, 7) is 6.12. The number of nitrogens with one attached hydrogen (secondary N) is 1. The van der Waals surface area contributed by atoms with E-state index in [4.69, 9.17) is 5.11 Å². The van der Waals surface area contributed by atoms with Crippen molar-refractivity contribution in [3.05, 3.63) is 0 Å². The van der Waals surface area contributed by atoms with Crippen molar-refractivity contribution in [3.63, 3.8) is 0 Å². The van der Waals surface area contributed by atoms with Crippen LogP contribution < -0.4 is 5.32 Å². The fourth-order valence-electron chi connectivity index (χ4n) is 1.58. The number of rotatable bonds is 3. The number of hydrogen-bond donors (Lipinski definition) is 2. The number of carbonyl (C=O) groups is 1. The Morgan fingerprint density at radius 1 is 1.64 bits per heavy atom.